The smallest absolute Gasteiger partial charge is 0.316 e. The number of nitrogens with zero attached hydrogens (tertiary/aromatic N) is 1. The molecular formula is C22H32N2O4S. The first kappa shape index (κ1) is 20.8. The van der Waals surface area contributed by atoms with E-state index in [4.69, 9.17) is 9.26 Å². The maximum Gasteiger partial charge on any atom is 0.316 e. The fourth-order valence-electron chi connectivity index (χ4n) is 6.28. The SMILES string of the molecule is Cc1noc(C)c1CSCC(=O)OCC(=O)N[C@H](C)C12CC3CC(CC(C3)C1)C2. The molecule has 5 rings (SSSR count). The third kappa shape index (κ3) is 4.49. The number of ether oxygens (including phenoxy) is 1. The zero-order valence-corrected chi connectivity index (χ0v) is 18.5. The number of nitrogens with one attached hydrogen (secondary N) is 1. The molecule has 1 aromatic rings. The highest BCUT2D eigenvalue weighted by Gasteiger charge is 2.53. The van der Waals surface area contributed by atoms with Crippen LogP contribution < -0.4 is 5.32 Å². The minimum atomic E-state index is -0.362. The number of aryl methyl sites for hydroxylation is 2. The maximum atomic E-state index is 12.4. The lowest BCUT2D eigenvalue weighted by Gasteiger charge is -2.59. The molecule has 0 spiro atoms. The lowest BCUT2D eigenvalue weighted by Crippen LogP contribution is -2.56. The normalized spacial score (nSPS) is 30.9. The van der Waals surface area contributed by atoms with Gasteiger partial charge in [-0.1, -0.05) is 5.16 Å². The van der Waals surface area contributed by atoms with E-state index < -0.39 is 0 Å². The van der Waals surface area contributed by atoms with Gasteiger partial charge in [-0.2, -0.15) is 0 Å². The Hall–Kier alpha value is -1.50. The summed E-state index contributed by atoms with van der Waals surface area (Å²) in [5, 5.41) is 7.05. The zero-order valence-electron chi connectivity index (χ0n) is 17.7. The van der Waals surface area contributed by atoms with Gasteiger partial charge in [-0.25, -0.2) is 0 Å². The summed E-state index contributed by atoms with van der Waals surface area (Å²) in [4.78, 5) is 24.4. The van der Waals surface area contributed by atoms with E-state index in [1.54, 1.807) is 0 Å². The first-order chi connectivity index (χ1) is 13.8. The Bertz CT molecular complexity index is 720. The second kappa shape index (κ2) is 8.32. The quantitative estimate of drug-likeness (QED) is 0.645. The number of rotatable bonds is 8. The highest BCUT2D eigenvalue weighted by Crippen LogP contribution is 2.61. The minimum absolute atomic E-state index is 0.149. The van der Waals surface area contributed by atoms with Gasteiger partial charge in [0.15, 0.2) is 6.61 Å². The van der Waals surface area contributed by atoms with Crippen LogP contribution >= 0.6 is 11.8 Å². The molecule has 160 valence electrons. The van der Waals surface area contributed by atoms with Crippen molar-refractivity contribution in [2.75, 3.05) is 12.4 Å². The molecule has 0 aliphatic heterocycles. The van der Waals surface area contributed by atoms with Crippen molar-refractivity contribution in [1.29, 1.82) is 0 Å². The summed E-state index contributed by atoms with van der Waals surface area (Å²) >= 11 is 1.45. The second-order valence-corrected chi connectivity index (χ2v) is 10.5. The summed E-state index contributed by atoms with van der Waals surface area (Å²) in [6, 6.07) is 0.149. The lowest BCUT2D eigenvalue weighted by molar-refractivity contribution is -0.147. The van der Waals surface area contributed by atoms with E-state index in [1.807, 2.05) is 13.8 Å². The van der Waals surface area contributed by atoms with Gasteiger partial charge in [0, 0.05) is 17.4 Å². The summed E-state index contributed by atoms with van der Waals surface area (Å²) in [6.45, 7) is 5.71. The van der Waals surface area contributed by atoms with Crippen molar-refractivity contribution >= 4 is 23.6 Å². The van der Waals surface area contributed by atoms with Gasteiger partial charge in [0.1, 0.15) is 5.76 Å². The van der Waals surface area contributed by atoms with Gasteiger partial charge in [-0.15, -0.1) is 11.8 Å². The Labute approximate surface area is 176 Å². The maximum absolute atomic E-state index is 12.4. The van der Waals surface area contributed by atoms with Gasteiger partial charge in [-0.3, -0.25) is 9.59 Å². The molecule has 4 bridgehead atoms. The van der Waals surface area contributed by atoms with Crippen LogP contribution in [0.4, 0.5) is 0 Å². The predicted octanol–water partition coefficient (Wildman–Crippen LogP) is 3.79. The van der Waals surface area contributed by atoms with E-state index in [0.717, 1.165) is 34.8 Å². The van der Waals surface area contributed by atoms with Crippen LogP contribution in [0.25, 0.3) is 0 Å². The minimum Gasteiger partial charge on any atom is -0.455 e. The van der Waals surface area contributed by atoms with Crippen LogP contribution in [-0.2, 0) is 20.1 Å². The van der Waals surface area contributed by atoms with E-state index in [0.29, 0.717) is 5.75 Å². The Morgan fingerprint density at radius 1 is 1.21 bits per heavy atom. The topological polar surface area (TPSA) is 81.4 Å². The Morgan fingerprint density at radius 3 is 2.38 bits per heavy atom. The molecule has 4 aliphatic carbocycles. The van der Waals surface area contributed by atoms with Crippen molar-refractivity contribution in [3.63, 3.8) is 0 Å². The number of hydrogen-bond acceptors (Lipinski definition) is 6. The molecule has 0 radical (unpaired) electrons. The molecule has 4 fully saturated rings. The van der Waals surface area contributed by atoms with E-state index in [-0.39, 0.29) is 35.7 Å². The van der Waals surface area contributed by atoms with E-state index in [2.05, 4.69) is 17.4 Å². The predicted molar refractivity (Wildman–Crippen MR) is 111 cm³/mol. The van der Waals surface area contributed by atoms with Crippen LogP contribution in [-0.4, -0.2) is 35.4 Å². The molecule has 6 nitrogen and oxygen atoms in total. The number of carbonyl (C=O) groups excluding carboxylic acids is 2. The van der Waals surface area contributed by atoms with Gasteiger partial charge in [0.2, 0.25) is 0 Å². The summed E-state index contributed by atoms with van der Waals surface area (Å²) in [5.41, 5.74) is 2.13. The average molecular weight is 421 g/mol. The van der Waals surface area contributed by atoms with Crippen LogP contribution in [0.3, 0.4) is 0 Å². The Balaban J connectivity index is 1.18. The molecular weight excluding hydrogens is 388 g/mol. The van der Waals surface area contributed by atoms with Gasteiger partial charge < -0.3 is 14.6 Å². The molecule has 1 N–H and O–H groups in total. The van der Waals surface area contributed by atoms with Gasteiger partial charge in [0.05, 0.1) is 11.4 Å². The zero-order chi connectivity index (χ0) is 20.6. The van der Waals surface area contributed by atoms with Crippen molar-refractivity contribution in [2.45, 2.75) is 71.1 Å². The summed E-state index contributed by atoms with van der Waals surface area (Å²) in [6.07, 6.45) is 7.92. The number of thioether (sulfide) groups is 1. The third-order valence-electron chi connectivity index (χ3n) is 7.39. The highest BCUT2D eigenvalue weighted by atomic mass is 32.2. The molecule has 0 unspecified atom stereocenters. The lowest BCUT2D eigenvalue weighted by atomic mass is 9.48. The van der Waals surface area contributed by atoms with Crippen LogP contribution in [0.2, 0.25) is 0 Å². The fraction of sp³-hybridized carbons (Fsp3) is 0.773. The number of aromatic nitrogens is 1. The van der Waals surface area contributed by atoms with Crippen LogP contribution in [0.1, 0.15) is 62.5 Å². The highest BCUT2D eigenvalue weighted by molar-refractivity contribution is 7.99. The molecule has 0 saturated heterocycles. The molecule has 7 heteroatoms. The van der Waals surface area contributed by atoms with Crippen molar-refractivity contribution in [2.24, 2.45) is 23.2 Å². The van der Waals surface area contributed by atoms with Crippen molar-refractivity contribution < 1.29 is 18.8 Å². The van der Waals surface area contributed by atoms with Crippen molar-refractivity contribution in [3.8, 4) is 0 Å². The summed E-state index contributed by atoms with van der Waals surface area (Å²) in [5.74, 6) is 3.65. The molecule has 1 aromatic heterocycles. The van der Waals surface area contributed by atoms with Gasteiger partial charge >= 0.3 is 5.97 Å². The van der Waals surface area contributed by atoms with E-state index in [9.17, 15) is 9.59 Å². The molecule has 4 saturated carbocycles. The molecule has 1 heterocycles. The van der Waals surface area contributed by atoms with Crippen LogP contribution in [0.15, 0.2) is 4.52 Å². The van der Waals surface area contributed by atoms with Crippen molar-refractivity contribution in [3.05, 3.63) is 17.0 Å². The monoisotopic (exact) mass is 420 g/mol. The van der Waals surface area contributed by atoms with Gasteiger partial charge in [-0.05, 0) is 82.5 Å². The van der Waals surface area contributed by atoms with Crippen molar-refractivity contribution in [1.82, 2.24) is 10.5 Å². The first-order valence-corrected chi connectivity index (χ1v) is 11.9. The summed E-state index contributed by atoms with van der Waals surface area (Å²) in [7, 11) is 0. The molecule has 4 aliphatic rings. The average Bonchev–Trinajstić information content (AvgIpc) is 2.97. The van der Waals surface area contributed by atoms with E-state index >= 15 is 0 Å². The van der Waals surface area contributed by atoms with E-state index in [1.165, 1.54) is 50.3 Å². The molecule has 1 amide bonds. The number of carbonyl (C=O) groups is 2. The van der Waals surface area contributed by atoms with Gasteiger partial charge in [0.25, 0.3) is 5.91 Å². The number of amides is 1. The fourth-order valence-corrected chi connectivity index (χ4v) is 7.24. The van der Waals surface area contributed by atoms with Crippen LogP contribution in [0, 0.1) is 37.0 Å². The first-order valence-electron chi connectivity index (χ1n) is 10.8. The number of hydrogen-bond donors (Lipinski definition) is 1. The standard InChI is InChI=1S/C22H32N2O4S/c1-13-19(14(2)28-24-13)11-29-12-21(26)27-10-20(25)23-15(3)22-7-16-4-17(8-22)6-18(5-16)9-22/h15-18H,4-12H2,1-3H3,(H,23,25)/t15-,16?,17?,18?,22?/m1/s1. The van der Waals surface area contributed by atoms with Crippen LogP contribution in [0.5, 0.6) is 0 Å². The number of esters is 1. The largest absolute Gasteiger partial charge is 0.455 e. The molecule has 1 atom stereocenters. The molecule has 0 aromatic carbocycles. The summed E-state index contributed by atoms with van der Waals surface area (Å²) < 4.78 is 10.3. The third-order valence-corrected chi connectivity index (χ3v) is 8.33. The second-order valence-electron chi connectivity index (χ2n) is 9.53. The Morgan fingerprint density at radius 2 is 1.83 bits per heavy atom. The Kier molecular flexibility index (Phi) is 5.96. The molecule has 29 heavy (non-hydrogen) atoms.